The number of aliphatic hydroxyl groups excluding tert-OH is 1. The van der Waals surface area contributed by atoms with Gasteiger partial charge in [0.15, 0.2) is 6.61 Å². The van der Waals surface area contributed by atoms with Gasteiger partial charge in [-0.3, -0.25) is 9.59 Å². The number of methoxy groups -OCH3 is 1. The van der Waals surface area contributed by atoms with Crippen molar-refractivity contribution in [2.45, 2.75) is 25.4 Å². The van der Waals surface area contributed by atoms with Gasteiger partial charge in [-0.25, -0.2) is 14.1 Å². The average Bonchev–Trinajstić information content (AvgIpc) is 2.84. The van der Waals surface area contributed by atoms with Crippen molar-refractivity contribution in [3.63, 3.8) is 0 Å². The van der Waals surface area contributed by atoms with Crippen LogP contribution in [-0.4, -0.2) is 42.7 Å². The van der Waals surface area contributed by atoms with Crippen LogP contribution in [0.25, 0.3) is 0 Å². The van der Waals surface area contributed by atoms with Crippen LogP contribution in [0.1, 0.15) is 19.3 Å². The lowest BCUT2D eigenvalue weighted by Crippen LogP contribution is -2.32. The van der Waals surface area contributed by atoms with Crippen LogP contribution in [0.3, 0.4) is 0 Å². The summed E-state index contributed by atoms with van der Waals surface area (Å²) in [6.45, 7) is -0.458. The number of imide groups is 1. The molecule has 1 heterocycles. The summed E-state index contributed by atoms with van der Waals surface area (Å²) in [5, 5.41) is 9.65. The summed E-state index contributed by atoms with van der Waals surface area (Å²) >= 11 is 5.91. The highest BCUT2D eigenvalue weighted by Crippen LogP contribution is 2.42. The lowest BCUT2D eigenvalue weighted by atomic mass is 9.80. The van der Waals surface area contributed by atoms with Crippen LogP contribution in [0.15, 0.2) is 12.1 Å². The molecule has 9 heteroatoms. The van der Waals surface area contributed by atoms with Gasteiger partial charge in [0.2, 0.25) is 11.8 Å². The highest BCUT2D eigenvalue weighted by Gasteiger charge is 2.51. The Bertz CT molecular complexity index is 770. The van der Waals surface area contributed by atoms with E-state index in [0.29, 0.717) is 12.8 Å². The molecule has 2 amide bonds. The van der Waals surface area contributed by atoms with Crippen molar-refractivity contribution in [3.05, 3.63) is 23.0 Å². The first-order chi connectivity index (χ1) is 12.3. The largest absolute Gasteiger partial charge is 0.480 e. The smallest absolute Gasteiger partial charge is 0.343 e. The molecular weight excluding hydrogens is 369 g/mol. The molecular formula is C17H17ClFNO6. The van der Waals surface area contributed by atoms with Gasteiger partial charge in [0.05, 0.1) is 35.8 Å². The molecule has 140 valence electrons. The van der Waals surface area contributed by atoms with Crippen LogP contribution in [-0.2, 0) is 19.1 Å². The van der Waals surface area contributed by atoms with Gasteiger partial charge in [-0.15, -0.1) is 0 Å². The number of anilines is 1. The third-order valence-corrected chi connectivity index (χ3v) is 5.01. The molecule has 1 saturated carbocycles. The number of hydrogen-bond acceptors (Lipinski definition) is 6. The topological polar surface area (TPSA) is 93.1 Å². The third-order valence-electron chi connectivity index (χ3n) is 4.71. The molecule has 0 aromatic heterocycles. The summed E-state index contributed by atoms with van der Waals surface area (Å²) in [5.74, 6) is -3.88. The Balaban J connectivity index is 1.92. The number of esters is 1. The van der Waals surface area contributed by atoms with E-state index < -0.39 is 48.1 Å². The zero-order chi connectivity index (χ0) is 19.0. The van der Waals surface area contributed by atoms with Crippen molar-refractivity contribution >= 4 is 35.1 Å². The first kappa shape index (κ1) is 18.6. The molecule has 1 aromatic carbocycles. The predicted molar refractivity (Wildman–Crippen MR) is 88.3 cm³/mol. The Kier molecular flexibility index (Phi) is 5.15. The molecule has 7 nitrogen and oxygen atoms in total. The number of rotatable bonds is 4. The molecule has 26 heavy (non-hydrogen) atoms. The standard InChI is InChI=1S/C17H17ClFNO6/c1-25-15(22)7-26-14-6-13(12(19)5-11(14)18)20-16(23)9-3-2-8(21)4-10(9)17(20)24/h5-6,8-10,21H,2-4,7H2,1H3. The Hall–Kier alpha value is -2.19. The number of fused-ring (bicyclic) bond motifs is 1. The van der Waals surface area contributed by atoms with Gasteiger partial charge in [-0.05, 0) is 25.3 Å². The normalized spacial score (nSPS) is 25.2. The second-order valence-corrected chi connectivity index (χ2v) is 6.70. The van der Waals surface area contributed by atoms with Crippen molar-refractivity contribution in [2.24, 2.45) is 11.8 Å². The number of ether oxygens (including phenoxy) is 2. The molecule has 3 atom stereocenters. The molecule has 0 bridgehead atoms. The van der Waals surface area contributed by atoms with E-state index in [1.54, 1.807) is 0 Å². The Morgan fingerprint density at radius 2 is 2.00 bits per heavy atom. The molecule has 1 aromatic rings. The zero-order valence-corrected chi connectivity index (χ0v) is 14.7. The summed E-state index contributed by atoms with van der Waals surface area (Å²) < 4.78 is 24.1. The number of amides is 2. The molecule has 0 spiro atoms. The Morgan fingerprint density at radius 1 is 1.31 bits per heavy atom. The van der Waals surface area contributed by atoms with Gasteiger partial charge >= 0.3 is 5.97 Å². The second kappa shape index (κ2) is 7.20. The number of carbonyl (C=O) groups is 3. The number of aliphatic hydroxyl groups is 1. The molecule has 2 fully saturated rings. The fourth-order valence-corrected chi connectivity index (χ4v) is 3.60. The summed E-state index contributed by atoms with van der Waals surface area (Å²) in [4.78, 5) is 37.2. The molecule has 3 unspecified atom stereocenters. The van der Waals surface area contributed by atoms with Crippen LogP contribution in [0.2, 0.25) is 5.02 Å². The maximum atomic E-state index is 14.4. The van der Waals surface area contributed by atoms with E-state index in [1.807, 2.05) is 0 Å². The van der Waals surface area contributed by atoms with Gasteiger partial charge in [0, 0.05) is 6.07 Å². The average molecular weight is 386 g/mol. The van der Waals surface area contributed by atoms with E-state index in [1.165, 1.54) is 7.11 Å². The van der Waals surface area contributed by atoms with Crippen molar-refractivity contribution in [1.82, 2.24) is 0 Å². The van der Waals surface area contributed by atoms with Crippen molar-refractivity contribution in [2.75, 3.05) is 18.6 Å². The van der Waals surface area contributed by atoms with Crippen molar-refractivity contribution < 1.29 is 33.4 Å². The van der Waals surface area contributed by atoms with Gasteiger partial charge in [-0.1, -0.05) is 11.6 Å². The van der Waals surface area contributed by atoms with E-state index >= 15 is 0 Å². The third kappa shape index (κ3) is 3.26. The van der Waals surface area contributed by atoms with Crippen molar-refractivity contribution in [1.29, 1.82) is 0 Å². The molecule has 1 N–H and O–H groups in total. The van der Waals surface area contributed by atoms with E-state index in [2.05, 4.69) is 4.74 Å². The minimum atomic E-state index is -0.860. The lowest BCUT2D eigenvalue weighted by molar-refractivity contribution is -0.143. The summed E-state index contributed by atoms with van der Waals surface area (Å²) in [5.41, 5.74) is -0.284. The number of halogens is 2. The molecule has 1 aliphatic carbocycles. The molecule has 0 radical (unpaired) electrons. The highest BCUT2D eigenvalue weighted by atomic mass is 35.5. The van der Waals surface area contributed by atoms with E-state index in [-0.39, 0.29) is 22.9 Å². The molecule has 1 saturated heterocycles. The van der Waals surface area contributed by atoms with E-state index in [4.69, 9.17) is 16.3 Å². The van der Waals surface area contributed by atoms with Gasteiger partial charge in [0.1, 0.15) is 11.6 Å². The minimum Gasteiger partial charge on any atom is -0.480 e. The van der Waals surface area contributed by atoms with Gasteiger partial charge < -0.3 is 14.6 Å². The van der Waals surface area contributed by atoms with Gasteiger partial charge in [-0.2, -0.15) is 0 Å². The fourth-order valence-electron chi connectivity index (χ4n) is 3.39. The van der Waals surface area contributed by atoms with Crippen LogP contribution in [0, 0.1) is 17.7 Å². The predicted octanol–water partition coefficient (Wildman–Crippen LogP) is 1.68. The van der Waals surface area contributed by atoms with Crippen LogP contribution >= 0.6 is 11.6 Å². The summed E-state index contributed by atoms with van der Waals surface area (Å²) in [6.07, 6.45) is 0.312. The highest BCUT2D eigenvalue weighted by molar-refractivity contribution is 6.32. The summed E-state index contributed by atoms with van der Waals surface area (Å²) in [7, 11) is 1.18. The van der Waals surface area contributed by atoms with Crippen molar-refractivity contribution in [3.8, 4) is 5.75 Å². The van der Waals surface area contributed by atoms with Crippen LogP contribution < -0.4 is 9.64 Å². The number of benzene rings is 1. The molecule has 2 aliphatic rings. The quantitative estimate of drug-likeness (QED) is 0.626. The second-order valence-electron chi connectivity index (χ2n) is 6.29. The van der Waals surface area contributed by atoms with E-state index in [9.17, 15) is 23.9 Å². The number of carbonyl (C=O) groups excluding carboxylic acids is 3. The Labute approximate surface area is 153 Å². The minimum absolute atomic E-state index is 0.0519. The van der Waals surface area contributed by atoms with Gasteiger partial charge in [0.25, 0.3) is 0 Å². The Morgan fingerprint density at radius 3 is 2.69 bits per heavy atom. The molecule has 3 rings (SSSR count). The first-order valence-corrected chi connectivity index (χ1v) is 8.45. The van der Waals surface area contributed by atoms with Crippen LogP contribution in [0.4, 0.5) is 10.1 Å². The lowest BCUT2D eigenvalue weighted by Gasteiger charge is -2.24. The maximum Gasteiger partial charge on any atom is 0.343 e. The SMILES string of the molecule is COC(=O)COc1cc(N2C(=O)C3CCC(O)CC3C2=O)c(F)cc1Cl. The zero-order valence-electron chi connectivity index (χ0n) is 13.9. The monoisotopic (exact) mass is 385 g/mol. The maximum absolute atomic E-state index is 14.4. The number of hydrogen-bond donors (Lipinski definition) is 1. The summed E-state index contributed by atoms with van der Waals surface area (Å²) in [6, 6.07) is 2.03. The molecule has 1 aliphatic heterocycles. The van der Waals surface area contributed by atoms with Crippen LogP contribution in [0.5, 0.6) is 5.75 Å². The van der Waals surface area contributed by atoms with E-state index in [0.717, 1.165) is 17.0 Å². The number of nitrogens with zero attached hydrogens (tertiary/aromatic N) is 1. The first-order valence-electron chi connectivity index (χ1n) is 8.08. The fraction of sp³-hybridized carbons (Fsp3) is 0.471.